The molecule has 31 heavy (non-hydrogen) atoms. The van der Waals surface area contributed by atoms with E-state index in [0.29, 0.717) is 19.1 Å². The highest BCUT2D eigenvalue weighted by Gasteiger charge is 2.41. The first kappa shape index (κ1) is 23.0. The number of ether oxygens (including phenoxy) is 2. The van der Waals surface area contributed by atoms with Gasteiger partial charge in [-0.05, 0) is 35.8 Å². The predicted octanol–water partition coefficient (Wildman–Crippen LogP) is 5.61. The average molecular weight is 424 g/mol. The molecule has 0 N–H and O–H groups in total. The lowest BCUT2D eigenvalue weighted by molar-refractivity contribution is -0.134. The van der Waals surface area contributed by atoms with Crippen molar-refractivity contribution in [2.24, 2.45) is 17.8 Å². The number of amides is 2. The molecule has 2 aromatic carbocycles. The van der Waals surface area contributed by atoms with Gasteiger partial charge in [-0.15, -0.1) is 0 Å². The molecule has 3 rings (SSSR count). The van der Waals surface area contributed by atoms with Crippen LogP contribution in [-0.4, -0.2) is 30.1 Å². The van der Waals surface area contributed by atoms with Crippen molar-refractivity contribution in [3.63, 3.8) is 0 Å². The number of hydrogen-bond donors (Lipinski definition) is 0. The fourth-order valence-electron chi connectivity index (χ4n) is 4.05. The molecular formula is C26H33NO4. The van der Waals surface area contributed by atoms with Crippen molar-refractivity contribution in [3.8, 4) is 0 Å². The molecule has 0 aromatic heterocycles. The van der Waals surface area contributed by atoms with Crippen LogP contribution in [0.1, 0.15) is 50.8 Å². The Bertz CT molecular complexity index is 839. The zero-order valence-electron chi connectivity index (χ0n) is 18.7. The summed E-state index contributed by atoms with van der Waals surface area (Å²) in [4.78, 5) is 26.8. The first-order valence-electron chi connectivity index (χ1n) is 11.1. The quantitative estimate of drug-likeness (QED) is 0.466. The van der Waals surface area contributed by atoms with E-state index in [4.69, 9.17) is 9.47 Å². The molecule has 0 spiro atoms. The summed E-state index contributed by atoms with van der Waals surface area (Å²) in [5.41, 5.74) is 2.10. The minimum Gasteiger partial charge on any atom is -0.446 e. The second kappa shape index (κ2) is 11.1. The van der Waals surface area contributed by atoms with Gasteiger partial charge in [0.15, 0.2) is 0 Å². The Labute approximate surface area is 185 Å². The lowest BCUT2D eigenvalue weighted by Crippen LogP contribution is -2.40. The molecule has 0 bridgehead atoms. The lowest BCUT2D eigenvalue weighted by Gasteiger charge is -2.27. The van der Waals surface area contributed by atoms with E-state index < -0.39 is 6.09 Å². The molecule has 1 aliphatic rings. The van der Waals surface area contributed by atoms with Gasteiger partial charge in [0.1, 0.15) is 12.6 Å². The molecule has 2 amide bonds. The van der Waals surface area contributed by atoms with E-state index in [2.05, 4.69) is 26.0 Å². The van der Waals surface area contributed by atoms with Crippen molar-refractivity contribution in [1.82, 2.24) is 4.90 Å². The van der Waals surface area contributed by atoms with E-state index in [1.165, 1.54) is 10.5 Å². The summed E-state index contributed by atoms with van der Waals surface area (Å²) in [5.74, 6) is 0.166. The maximum Gasteiger partial charge on any atom is 0.417 e. The Balaban J connectivity index is 1.48. The third-order valence-corrected chi connectivity index (χ3v) is 6.18. The molecule has 1 saturated heterocycles. The zero-order valence-corrected chi connectivity index (χ0v) is 18.7. The molecule has 4 atom stereocenters. The summed E-state index contributed by atoms with van der Waals surface area (Å²) in [6.45, 7) is 7.72. The van der Waals surface area contributed by atoms with Gasteiger partial charge in [-0.2, -0.15) is 0 Å². The minimum atomic E-state index is -0.541. The van der Waals surface area contributed by atoms with Gasteiger partial charge in [-0.3, -0.25) is 4.79 Å². The molecule has 0 unspecified atom stereocenters. The lowest BCUT2D eigenvalue weighted by atomic mass is 9.85. The Hall–Kier alpha value is -2.66. The van der Waals surface area contributed by atoms with Crippen molar-refractivity contribution in [3.05, 3.63) is 71.8 Å². The van der Waals surface area contributed by atoms with Gasteiger partial charge in [0, 0.05) is 12.5 Å². The highest BCUT2D eigenvalue weighted by Crippen LogP contribution is 2.32. The van der Waals surface area contributed by atoms with Crippen LogP contribution in [0.3, 0.4) is 0 Å². The molecule has 0 saturated carbocycles. The molecule has 2 aromatic rings. The van der Waals surface area contributed by atoms with Gasteiger partial charge in [0.05, 0.1) is 6.61 Å². The van der Waals surface area contributed by atoms with Gasteiger partial charge in [-0.25, -0.2) is 9.69 Å². The van der Waals surface area contributed by atoms with E-state index in [-0.39, 0.29) is 30.4 Å². The van der Waals surface area contributed by atoms with E-state index in [1.807, 2.05) is 55.5 Å². The SMILES string of the molecule is C[C@H](CCOCc1ccccc1)C[C@H](C)[C@@H](C)C(=O)N1C(=O)OC[C@@H]1c1ccccc1. The first-order valence-corrected chi connectivity index (χ1v) is 11.1. The molecule has 1 heterocycles. The van der Waals surface area contributed by atoms with Crippen molar-refractivity contribution in [2.75, 3.05) is 13.2 Å². The van der Waals surface area contributed by atoms with E-state index in [0.717, 1.165) is 18.4 Å². The smallest absolute Gasteiger partial charge is 0.417 e. The summed E-state index contributed by atoms with van der Waals surface area (Å²) in [6.07, 6.45) is 1.30. The molecule has 166 valence electrons. The zero-order chi connectivity index (χ0) is 22.2. The van der Waals surface area contributed by atoms with Gasteiger partial charge < -0.3 is 9.47 Å². The third kappa shape index (κ3) is 6.17. The molecule has 5 heteroatoms. The standard InChI is InChI=1S/C26H33NO4/c1-19(14-15-30-17-22-10-6-4-7-11-22)16-20(2)21(3)25(28)27-24(18-31-26(27)29)23-12-8-5-9-13-23/h4-13,19-21,24H,14-18H2,1-3H3/t19-,20+,21-,24-/m1/s1. The fraction of sp³-hybridized carbons (Fsp3) is 0.462. The van der Waals surface area contributed by atoms with Gasteiger partial charge in [0.2, 0.25) is 5.91 Å². The van der Waals surface area contributed by atoms with Crippen LogP contribution >= 0.6 is 0 Å². The number of rotatable bonds is 10. The van der Waals surface area contributed by atoms with Crippen LogP contribution in [0.15, 0.2) is 60.7 Å². The van der Waals surface area contributed by atoms with Gasteiger partial charge in [-0.1, -0.05) is 81.4 Å². The van der Waals surface area contributed by atoms with Crippen LogP contribution in [0.25, 0.3) is 0 Å². The topological polar surface area (TPSA) is 55.8 Å². The van der Waals surface area contributed by atoms with Crippen molar-refractivity contribution in [2.45, 2.75) is 46.3 Å². The Morgan fingerprint density at radius 2 is 1.71 bits per heavy atom. The summed E-state index contributed by atoms with van der Waals surface area (Å²) in [6, 6.07) is 19.4. The summed E-state index contributed by atoms with van der Waals surface area (Å²) >= 11 is 0. The van der Waals surface area contributed by atoms with E-state index in [1.54, 1.807) is 0 Å². The Kier molecular flexibility index (Phi) is 8.24. The number of hydrogen-bond acceptors (Lipinski definition) is 4. The van der Waals surface area contributed by atoms with Gasteiger partial charge >= 0.3 is 6.09 Å². The Morgan fingerprint density at radius 3 is 2.39 bits per heavy atom. The number of benzene rings is 2. The average Bonchev–Trinajstić information content (AvgIpc) is 3.18. The van der Waals surface area contributed by atoms with Crippen LogP contribution in [-0.2, 0) is 20.9 Å². The second-order valence-corrected chi connectivity index (χ2v) is 8.65. The number of carbonyl (C=O) groups excluding carboxylic acids is 2. The van der Waals surface area contributed by atoms with Crippen LogP contribution in [0.2, 0.25) is 0 Å². The Morgan fingerprint density at radius 1 is 1.06 bits per heavy atom. The normalized spacial score (nSPS) is 19.0. The highest BCUT2D eigenvalue weighted by atomic mass is 16.6. The molecular weight excluding hydrogens is 390 g/mol. The number of cyclic esters (lactones) is 1. The van der Waals surface area contributed by atoms with E-state index >= 15 is 0 Å². The predicted molar refractivity (Wildman–Crippen MR) is 120 cm³/mol. The van der Waals surface area contributed by atoms with Crippen LogP contribution in [0.5, 0.6) is 0 Å². The summed E-state index contributed by atoms with van der Waals surface area (Å²) in [5, 5.41) is 0. The first-order chi connectivity index (χ1) is 15.0. The number of imide groups is 1. The maximum atomic E-state index is 13.2. The third-order valence-electron chi connectivity index (χ3n) is 6.18. The molecule has 0 radical (unpaired) electrons. The van der Waals surface area contributed by atoms with Crippen LogP contribution in [0.4, 0.5) is 4.79 Å². The number of nitrogens with zero attached hydrogens (tertiary/aromatic N) is 1. The number of carbonyl (C=O) groups is 2. The van der Waals surface area contributed by atoms with Crippen LogP contribution < -0.4 is 0 Å². The van der Waals surface area contributed by atoms with E-state index in [9.17, 15) is 9.59 Å². The molecule has 0 aliphatic carbocycles. The minimum absolute atomic E-state index is 0.154. The van der Waals surface area contributed by atoms with Gasteiger partial charge in [0.25, 0.3) is 0 Å². The summed E-state index contributed by atoms with van der Waals surface area (Å²) < 4.78 is 11.0. The van der Waals surface area contributed by atoms with Crippen LogP contribution in [0, 0.1) is 17.8 Å². The largest absolute Gasteiger partial charge is 0.446 e. The molecule has 1 aliphatic heterocycles. The summed E-state index contributed by atoms with van der Waals surface area (Å²) in [7, 11) is 0. The molecule has 1 fully saturated rings. The van der Waals surface area contributed by atoms with Crippen molar-refractivity contribution in [1.29, 1.82) is 0 Å². The van der Waals surface area contributed by atoms with Crippen molar-refractivity contribution < 1.29 is 19.1 Å². The second-order valence-electron chi connectivity index (χ2n) is 8.65. The maximum absolute atomic E-state index is 13.2. The van der Waals surface area contributed by atoms with Crippen molar-refractivity contribution >= 4 is 12.0 Å². The fourth-order valence-corrected chi connectivity index (χ4v) is 4.05. The monoisotopic (exact) mass is 423 g/mol. The molecule has 5 nitrogen and oxygen atoms in total. The highest BCUT2D eigenvalue weighted by molar-refractivity contribution is 5.94.